The van der Waals surface area contributed by atoms with E-state index in [1.807, 2.05) is 0 Å². The quantitative estimate of drug-likeness (QED) is 0.111. The van der Waals surface area contributed by atoms with Crippen molar-refractivity contribution in [1.29, 1.82) is 0 Å². The van der Waals surface area contributed by atoms with E-state index in [1.165, 1.54) is 70.9 Å². The summed E-state index contributed by atoms with van der Waals surface area (Å²) < 4.78 is 6.77. The molecule has 0 spiro atoms. The van der Waals surface area contributed by atoms with Gasteiger partial charge in [-0.15, -0.1) is 0 Å². The molecule has 1 aromatic heterocycles. The minimum Gasteiger partial charge on any atom is -0.455 e. The van der Waals surface area contributed by atoms with Gasteiger partial charge in [-0.2, -0.15) is 0 Å². The van der Waals surface area contributed by atoms with Crippen molar-refractivity contribution in [3.8, 4) is 44.5 Å². The third-order valence-electron chi connectivity index (χ3n) is 12.7. The summed E-state index contributed by atoms with van der Waals surface area (Å²) in [5.74, 6) is 0. The molecule has 10 aromatic rings. The molecule has 1 nitrogen and oxygen atoms in total. The van der Waals surface area contributed by atoms with E-state index >= 15 is 0 Å². The van der Waals surface area contributed by atoms with Crippen molar-refractivity contribution in [3.05, 3.63) is 194 Å². The lowest BCUT2D eigenvalue weighted by Crippen LogP contribution is -2.62. The summed E-state index contributed by atoms with van der Waals surface area (Å²) >= 11 is 0. The van der Waals surface area contributed by atoms with Gasteiger partial charge in [-0.25, -0.2) is 0 Å². The highest BCUT2D eigenvalue weighted by Gasteiger charge is 2.43. The first kappa shape index (κ1) is 35.9. The van der Waals surface area contributed by atoms with E-state index in [0.717, 1.165) is 27.5 Å². The molecule has 0 amide bonds. The molecule has 0 saturated heterocycles. The van der Waals surface area contributed by atoms with Gasteiger partial charge in [-0.3, -0.25) is 0 Å². The summed E-state index contributed by atoms with van der Waals surface area (Å²) in [5, 5.41) is 10.2. The molecule has 0 aliphatic carbocycles. The summed E-state index contributed by atoms with van der Waals surface area (Å²) in [6, 6.07) is 71.7. The molecule has 0 fully saturated rings. The Bertz CT molecular complexity index is 3020. The van der Waals surface area contributed by atoms with Gasteiger partial charge >= 0.3 is 0 Å². The van der Waals surface area contributed by atoms with Gasteiger partial charge in [0.2, 0.25) is 0 Å². The average molecular weight is 763 g/mol. The highest BCUT2D eigenvalue weighted by atomic mass is 28.3. The van der Waals surface area contributed by atoms with Crippen LogP contribution in [0.4, 0.5) is 0 Å². The van der Waals surface area contributed by atoms with Crippen molar-refractivity contribution in [1.82, 2.24) is 0 Å². The van der Waals surface area contributed by atoms with E-state index in [-0.39, 0.29) is 0 Å². The van der Waals surface area contributed by atoms with Crippen LogP contribution in [0.5, 0.6) is 0 Å². The first-order valence-corrected chi connectivity index (χ1v) is 22.8. The molecule has 0 N–H and O–H groups in total. The number of furan rings is 1. The summed E-state index contributed by atoms with van der Waals surface area (Å²) in [5.41, 5.74) is 12.6. The summed E-state index contributed by atoms with van der Waals surface area (Å²) in [6.45, 7) is 9.70. The Hall–Kier alpha value is -6.48. The summed E-state index contributed by atoms with van der Waals surface area (Å²) in [6.07, 6.45) is 0. The fraction of sp³-hybridized carbons (Fsp3) is 0.107. The Morgan fingerprint density at radius 3 is 1.34 bits per heavy atom. The monoisotopic (exact) mass is 762 g/mol. The second-order valence-corrected chi connectivity index (χ2v) is 21.6. The maximum atomic E-state index is 6.77. The van der Waals surface area contributed by atoms with Crippen LogP contribution in [0, 0.1) is 0 Å². The van der Waals surface area contributed by atoms with Crippen molar-refractivity contribution < 1.29 is 4.42 Å². The van der Waals surface area contributed by atoms with Gasteiger partial charge in [-0.1, -0.05) is 214 Å². The van der Waals surface area contributed by atoms with Crippen molar-refractivity contribution in [2.24, 2.45) is 0 Å². The van der Waals surface area contributed by atoms with E-state index in [1.54, 1.807) is 0 Å². The van der Waals surface area contributed by atoms with Gasteiger partial charge in [0.1, 0.15) is 19.2 Å². The molecule has 10 rings (SSSR count). The van der Waals surface area contributed by atoms with E-state index < -0.39 is 8.07 Å². The predicted octanol–water partition coefficient (Wildman–Crippen LogP) is 14.9. The van der Waals surface area contributed by atoms with Crippen LogP contribution in [0.15, 0.2) is 199 Å². The van der Waals surface area contributed by atoms with Crippen LogP contribution in [0.25, 0.3) is 88.0 Å². The third kappa shape index (κ3) is 5.74. The number of hydrogen-bond donors (Lipinski definition) is 0. The molecule has 1 heterocycles. The SMILES string of the molecule is CC(C)[Si](c1ccccc1)(c1ccc(-c2cc(-c3c4ccccc4c(-c4ccc(-c5ccccc5)cc4)c4ccccc34)cc3c2oc2ccccc23)cc1)C(C)C. The molecular formula is C56H46OSi. The van der Waals surface area contributed by atoms with Gasteiger partial charge in [0, 0.05) is 16.3 Å². The number of benzene rings is 9. The molecule has 0 unspecified atom stereocenters. The van der Waals surface area contributed by atoms with Crippen LogP contribution in [0.3, 0.4) is 0 Å². The van der Waals surface area contributed by atoms with Crippen molar-refractivity contribution in [2.45, 2.75) is 38.8 Å². The Morgan fingerprint density at radius 1 is 0.345 bits per heavy atom. The number of hydrogen-bond acceptors (Lipinski definition) is 1. The number of para-hydroxylation sites is 1. The van der Waals surface area contributed by atoms with Crippen LogP contribution >= 0.6 is 0 Å². The molecule has 0 radical (unpaired) electrons. The fourth-order valence-electron chi connectivity index (χ4n) is 10.2. The molecule has 0 aliphatic rings. The zero-order chi connectivity index (χ0) is 39.4. The Labute approximate surface area is 342 Å². The van der Waals surface area contributed by atoms with Crippen LogP contribution < -0.4 is 10.4 Å². The van der Waals surface area contributed by atoms with Gasteiger partial charge in [0.15, 0.2) is 0 Å². The van der Waals surface area contributed by atoms with Crippen LogP contribution in [0.1, 0.15) is 27.7 Å². The Kier molecular flexibility index (Phi) is 8.96. The van der Waals surface area contributed by atoms with Gasteiger partial charge in [-0.05, 0) is 89.8 Å². The largest absolute Gasteiger partial charge is 0.455 e. The molecule has 0 bridgehead atoms. The summed E-state index contributed by atoms with van der Waals surface area (Å²) in [4.78, 5) is 0. The first-order valence-electron chi connectivity index (χ1n) is 20.6. The second-order valence-electron chi connectivity index (χ2n) is 16.4. The number of rotatable bonds is 8. The molecule has 58 heavy (non-hydrogen) atoms. The minimum absolute atomic E-state index is 0.539. The van der Waals surface area contributed by atoms with Crippen LogP contribution in [-0.4, -0.2) is 8.07 Å². The van der Waals surface area contributed by atoms with E-state index in [9.17, 15) is 0 Å². The number of fused-ring (bicyclic) bond motifs is 5. The predicted molar refractivity (Wildman–Crippen MR) is 252 cm³/mol. The van der Waals surface area contributed by atoms with E-state index in [4.69, 9.17) is 4.42 Å². The molecule has 280 valence electrons. The van der Waals surface area contributed by atoms with Gasteiger partial charge in [0.05, 0.1) is 0 Å². The Morgan fingerprint density at radius 2 is 0.776 bits per heavy atom. The fourth-order valence-corrected chi connectivity index (χ4v) is 16.0. The van der Waals surface area contributed by atoms with Crippen LogP contribution in [0.2, 0.25) is 11.1 Å². The highest BCUT2D eigenvalue weighted by Crippen LogP contribution is 2.47. The third-order valence-corrected chi connectivity index (χ3v) is 18.9. The molecule has 9 aromatic carbocycles. The zero-order valence-corrected chi connectivity index (χ0v) is 34.5. The molecule has 0 atom stereocenters. The lowest BCUT2D eigenvalue weighted by molar-refractivity contribution is 0.670. The van der Waals surface area contributed by atoms with E-state index in [0.29, 0.717) is 11.1 Å². The standard InChI is InChI=1S/C56H46OSi/c1-37(2)58(38(3)4,44-19-9-6-10-20-44)45-33-31-41(32-34-45)51-35-43(36-52-46-21-15-16-26-53(46)57-56(51)52)55-49-24-13-11-22-47(49)54(48-23-12-14-25-50(48)55)42-29-27-40(28-30-42)39-17-7-5-8-18-39/h5-38H,1-4H3. The van der Waals surface area contributed by atoms with Crippen molar-refractivity contribution in [3.63, 3.8) is 0 Å². The van der Waals surface area contributed by atoms with Gasteiger partial charge < -0.3 is 4.42 Å². The lowest BCUT2D eigenvalue weighted by Gasteiger charge is -2.40. The second kappa shape index (κ2) is 14.5. The zero-order valence-electron chi connectivity index (χ0n) is 33.5. The van der Waals surface area contributed by atoms with E-state index in [2.05, 4.69) is 222 Å². The minimum atomic E-state index is -2.11. The van der Waals surface area contributed by atoms with Gasteiger partial charge in [0.25, 0.3) is 0 Å². The highest BCUT2D eigenvalue weighted by molar-refractivity contribution is 7.04. The first-order chi connectivity index (χ1) is 28.4. The molecule has 0 aliphatic heterocycles. The Balaban J connectivity index is 1.20. The topological polar surface area (TPSA) is 13.1 Å². The average Bonchev–Trinajstić information content (AvgIpc) is 3.65. The van der Waals surface area contributed by atoms with Crippen molar-refractivity contribution in [2.75, 3.05) is 0 Å². The molecule has 2 heteroatoms. The maximum absolute atomic E-state index is 6.77. The van der Waals surface area contributed by atoms with Crippen molar-refractivity contribution >= 4 is 61.9 Å². The lowest BCUT2D eigenvalue weighted by atomic mass is 9.84. The normalized spacial score (nSPS) is 12.1. The molecular weight excluding hydrogens is 717 g/mol. The maximum Gasteiger partial charge on any atom is 0.143 e. The van der Waals surface area contributed by atoms with Crippen LogP contribution in [-0.2, 0) is 0 Å². The molecule has 0 saturated carbocycles. The smallest absolute Gasteiger partial charge is 0.143 e. The summed E-state index contributed by atoms with van der Waals surface area (Å²) in [7, 11) is -2.11.